The molecule has 4 aromatic rings. The Hall–Kier alpha value is -2.25. The molecule has 0 aliphatic carbocycles. The summed E-state index contributed by atoms with van der Waals surface area (Å²) in [5.74, 6) is 1.23. The van der Waals surface area contributed by atoms with Crippen molar-refractivity contribution in [2.24, 2.45) is 7.05 Å². The second-order valence-corrected chi connectivity index (χ2v) is 7.57. The smallest absolute Gasteiger partial charge is 0.198 e. The molecule has 0 aliphatic rings. The molecule has 0 amide bonds. The van der Waals surface area contributed by atoms with Gasteiger partial charge in [-0.05, 0) is 32.4 Å². The predicted molar refractivity (Wildman–Crippen MR) is 146 cm³/mol. The Balaban J connectivity index is 0.00000116. The standard InChI is InChI=1S/C17H17ClN6S.4C2H6/c1-9(2)24-7-5-11(22-24)13-10(3)12-14(18)20-15(21-17(12)25-13)16-19-6-8-23(16)4;4*1-2/h5-9H,1-4H3;4*1-2H3. The molecule has 0 unspecified atom stereocenters. The monoisotopic (exact) mass is 492 g/mol. The van der Waals surface area contributed by atoms with Gasteiger partial charge < -0.3 is 4.57 Å². The molecule has 6 nitrogen and oxygen atoms in total. The summed E-state index contributed by atoms with van der Waals surface area (Å²) in [4.78, 5) is 15.4. The minimum atomic E-state index is 0.321. The lowest BCUT2D eigenvalue weighted by Gasteiger charge is -2.03. The lowest BCUT2D eigenvalue weighted by molar-refractivity contribution is 0.534. The Morgan fingerprint density at radius 3 is 2.03 bits per heavy atom. The molecular weight excluding hydrogens is 452 g/mol. The summed E-state index contributed by atoms with van der Waals surface area (Å²) in [6.45, 7) is 22.3. The number of hydrogen-bond donors (Lipinski definition) is 0. The highest BCUT2D eigenvalue weighted by Crippen LogP contribution is 2.40. The maximum absolute atomic E-state index is 6.49. The zero-order valence-corrected chi connectivity index (χ0v) is 23.9. The first-order valence-corrected chi connectivity index (χ1v) is 13.1. The van der Waals surface area contributed by atoms with Gasteiger partial charge in [0.15, 0.2) is 11.6 Å². The van der Waals surface area contributed by atoms with Gasteiger partial charge in [-0.3, -0.25) is 4.68 Å². The lowest BCUT2D eigenvalue weighted by atomic mass is 10.2. The van der Waals surface area contributed by atoms with Crippen molar-refractivity contribution in [2.75, 3.05) is 0 Å². The van der Waals surface area contributed by atoms with Crippen molar-refractivity contribution < 1.29 is 0 Å². The summed E-state index contributed by atoms with van der Waals surface area (Å²) in [6.07, 6.45) is 5.58. The summed E-state index contributed by atoms with van der Waals surface area (Å²) >= 11 is 8.07. The predicted octanol–water partition coefficient (Wildman–Crippen LogP) is 8.60. The average molecular weight is 493 g/mol. The van der Waals surface area contributed by atoms with E-state index in [-0.39, 0.29) is 0 Å². The number of aryl methyl sites for hydroxylation is 2. The molecule has 0 radical (unpaired) electrons. The minimum Gasteiger partial charge on any atom is -0.331 e. The van der Waals surface area contributed by atoms with Crippen LogP contribution in [-0.2, 0) is 7.05 Å². The maximum atomic E-state index is 6.49. The molecular formula is C25H41ClN6S. The molecule has 0 bridgehead atoms. The van der Waals surface area contributed by atoms with Crippen molar-refractivity contribution in [2.45, 2.75) is 82.2 Å². The fourth-order valence-corrected chi connectivity index (χ4v) is 4.28. The molecule has 0 fully saturated rings. The van der Waals surface area contributed by atoms with Crippen LogP contribution in [0.4, 0.5) is 0 Å². The van der Waals surface area contributed by atoms with Gasteiger partial charge in [-0.1, -0.05) is 67.0 Å². The summed E-state index contributed by atoms with van der Waals surface area (Å²) in [5.41, 5.74) is 1.99. The first kappa shape index (κ1) is 30.8. The molecule has 184 valence electrons. The number of rotatable bonds is 3. The van der Waals surface area contributed by atoms with E-state index >= 15 is 0 Å². The molecule has 0 saturated carbocycles. The summed E-state index contributed by atoms with van der Waals surface area (Å²) in [6, 6.07) is 2.35. The van der Waals surface area contributed by atoms with Gasteiger partial charge >= 0.3 is 0 Å². The second-order valence-electron chi connectivity index (χ2n) is 6.21. The van der Waals surface area contributed by atoms with Crippen LogP contribution in [0.2, 0.25) is 5.15 Å². The molecule has 0 spiro atoms. The van der Waals surface area contributed by atoms with Crippen molar-refractivity contribution in [3.8, 4) is 22.2 Å². The zero-order valence-electron chi connectivity index (χ0n) is 22.4. The first-order valence-electron chi connectivity index (χ1n) is 12.0. The van der Waals surface area contributed by atoms with Gasteiger partial charge in [0.05, 0.1) is 10.3 Å². The Morgan fingerprint density at radius 2 is 1.55 bits per heavy atom. The third kappa shape index (κ3) is 7.11. The highest BCUT2D eigenvalue weighted by Gasteiger charge is 2.19. The van der Waals surface area contributed by atoms with E-state index < -0.39 is 0 Å². The first-order chi connectivity index (χ1) is 16.0. The van der Waals surface area contributed by atoms with E-state index in [9.17, 15) is 0 Å². The number of hydrogen-bond acceptors (Lipinski definition) is 5. The Bertz CT molecular complexity index is 1080. The van der Waals surface area contributed by atoms with Crippen LogP contribution in [-0.4, -0.2) is 29.3 Å². The highest BCUT2D eigenvalue weighted by atomic mass is 35.5. The number of halogens is 1. The lowest BCUT2D eigenvalue weighted by Crippen LogP contribution is -2.00. The molecule has 0 aromatic carbocycles. The summed E-state index contributed by atoms with van der Waals surface area (Å²) in [7, 11) is 1.91. The van der Waals surface area contributed by atoms with Crippen molar-refractivity contribution >= 4 is 33.2 Å². The number of aromatic nitrogens is 6. The molecule has 0 aliphatic heterocycles. The van der Waals surface area contributed by atoms with Crippen molar-refractivity contribution in [1.82, 2.24) is 29.3 Å². The summed E-state index contributed by atoms with van der Waals surface area (Å²) < 4.78 is 3.83. The normalized spacial score (nSPS) is 9.64. The quantitative estimate of drug-likeness (QED) is 0.268. The molecule has 0 saturated heterocycles. The van der Waals surface area contributed by atoms with E-state index in [2.05, 4.69) is 28.9 Å². The number of imidazole rings is 1. The molecule has 8 heteroatoms. The van der Waals surface area contributed by atoms with E-state index in [0.29, 0.717) is 22.8 Å². The molecule has 0 atom stereocenters. The highest BCUT2D eigenvalue weighted by molar-refractivity contribution is 7.22. The van der Waals surface area contributed by atoms with E-state index in [4.69, 9.17) is 16.6 Å². The van der Waals surface area contributed by atoms with Crippen LogP contribution in [0.25, 0.3) is 32.4 Å². The maximum Gasteiger partial charge on any atom is 0.198 e. The van der Waals surface area contributed by atoms with E-state index in [1.54, 1.807) is 17.5 Å². The third-order valence-electron chi connectivity index (χ3n) is 4.14. The average Bonchev–Trinajstić information content (AvgIpc) is 3.58. The third-order valence-corrected chi connectivity index (χ3v) is 5.62. The van der Waals surface area contributed by atoms with Crippen LogP contribution in [0, 0.1) is 6.92 Å². The van der Waals surface area contributed by atoms with Crippen LogP contribution in [0.5, 0.6) is 0 Å². The van der Waals surface area contributed by atoms with Crippen LogP contribution in [0.15, 0.2) is 24.7 Å². The van der Waals surface area contributed by atoms with Crippen LogP contribution >= 0.6 is 22.9 Å². The van der Waals surface area contributed by atoms with Crippen LogP contribution < -0.4 is 0 Å². The minimum absolute atomic E-state index is 0.321. The van der Waals surface area contributed by atoms with E-state index in [0.717, 1.165) is 26.4 Å². The second kappa shape index (κ2) is 15.6. The van der Waals surface area contributed by atoms with E-state index in [1.165, 1.54) is 0 Å². The summed E-state index contributed by atoms with van der Waals surface area (Å²) in [5, 5.41) is 6.01. The van der Waals surface area contributed by atoms with Gasteiger partial charge in [-0.15, -0.1) is 11.3 Å². The SMILES string of the molecule is CC.CC.CC.CC.Cc1c(-c2ccn(C(C)C)n2)sc2nc(-c3nccn3C)nc(Cl)c12. The molecule has 33 heavy (non-hydrogen) atoms. The van der Waals surface area contributed by atoms with Gasteiger partial charge in [0.25, 0.3) is 0 Å². The Morgan fingerprint density at radius 1 is 0.939 bits per heavy atom. The van der Waals surface area contributed by atoms with Gasteiger partial charge in [0, 0.05) is 31.7 Å². The number of fused-ring (bicyclic) bond motifs is 1. The van der Waals surface area contributed by atoms with Gasteiger partial charge in [-0.25, -0.2) is 15.0 Å². The van der Waals surface area contributed by atoms with E-state index in [1.807, 2.05) is 97.1 Å². The fourth-order valence-electron chi connectivity index (χ4n) is 2.76. The van der Waals surface area contributed by atoms with Crippen molar-refractivity contribution in [1.29, 1.82) is 0 Å². The topological polar surface area (TPSA) is 61.4 Å². The van der Waals surface area contributed by atoms with Crippen LogP contribution in [0.3, 0.4) is 0 Å². The zero-order chi connectivity index (χ0) is 25.7. The van der Waals surface area contributed by atoms with Crippen molar-refractivity contribution in [3.05, 3.63) is 35.4 Å². The molecule has 4 heterocycles. The molecule has 4 aromatic heterocycles. The molecule has 4 rings (SSSR count). The Labute approximate surface area is 209 Å². The Kier molecular flexibility index (Phi) is 14.5. The van der Waals surface area contributed by atoms with Crippen molar-refractivity contribution in [3.63, 3.8) is 0 Å². The number of nitrogens with zero attached hydrogens (tertiary/aromatic N) is 6. The van der Waals surface area contributed by atoms with Gasteiger partial charge in [0.2, 0.25) is 0 Å². The van der Waals surface area contributed by atoms with Crippen LogP contribution in [0.1, 0.15) is 80.8 Å². The van der Waals surface area contributed by atoms with Gasteiger partial charge in [0.1, 0.15) is 15.7 Å². The molecule has 0 N–H and O–H groups in total. The number of thiophene rings is 1. The van der Waals surface area contributed by atoms with Gasteiger partial charge in [-0.2, -0.15) is 5.10 Å². The fraction of sp³-hybridized carbons (Fsp3) is 0.520. The largest absolute Gasteiger partial charge is 0.331 e.